The van der Waals surface area contributed by atoms with Gasteiger partial charge in [-0.3, -0.25) is 9.79 Å². The van der Waals surface area contributed by atoms with E-state index in [-0.39, 0.29) is 24.0 Å². The summed E-state index contributed by atoms with van der Waals surface area (Å²) in [5.74, 6) is 0.291. The quantitative estimate of drug-likeness (QED) is 0.564. The predicted molar refractivity (Wildman–Crippen MR) is 88.5 cm³/mol. The molecule has 0 saturated heterocycles. The molecule has 0 aromatic heterocycles. The largest absolute Gasteiger partial charge is 0.507 e. The molecule has 23 heavy (non-hydrogen) atoms. The molecule has 2 aromatic rings. The number of phenols is 2. The van der Waals surface area contributed by atoms with Gasteiger partial charge in [-0.1, -0.05) is 12.1 Å². The number of carbonyl (C=O) groups excluding carboxylic acids is 1. The SMILES string of the molecule is CCOc1ccc(O)c(C=NCC(=O)Nc2ccccc2O)c1. The molecule has 2 aromatic carbocycles. The van der Waals surface area contributed by atoms with Gasteiger partial charge in [-0.2, -0.15) is 0 Å². The summed E-state index contributed by atoms with van der Waals surface area (Å²) in [6.07, 6.45) is 1.41. The fourth-order valence-electron chi connectivity index (χ4n) is 1.89. The van der Waals surface area contributed by atoms with Crippen molar-refractivity contribution in [2.24, 2.45) is 4.99 Å². The van der Waals surface area contributed by atoms with Crippen LogP contribution in [0.2, 0.25) is 0 Å². The molecule has 0 bridgehead atoms. The topological polar surface area (TPSA) is 91.2 Å². The predicted octanol–water partition coefficient (Wildman–Crippen LogP) is 2.55. The number of benzene rings is 2. The summed E-state index contributed by atoms with van der Waals surface area (Å²) in [6, 6.07) is 11.2. The monoisotopic (exact) mass is 314 g/mol. The number of aromatic hydroxyl groups is 2. The van der Waals surface area contributed by atoms with Crippen molar-refractivity contribution in [3.63, 3.8) is 0 Å². The standard InChI is InChI=1S/C17H18N2O4/c1-2-23-13-7-8-15(20)12(9-13)10-18-11-17(22)19-14-5-3-4-6-16(14)21/h3-10,20-21H,2,11H2,1H3,(H,19,22). The normalized spacial score (nSPS) is 10.7. The highest BCUT2D eigenvalue weighted by Crippen LogP contribution is 2.22. The lowest BCUT2D eigenvalue weighted by Gasteiger charge is -2.06. The highest BCUT2D eigenvalue weighted by Gasteiger charge is 2.05. The lowest BCUT2D eigenvalue weighted by Crippen LogP contribution is -2.14. The lowest BCUT2D eigenvalue weighted by atomic mass is 10.2. The van der Waals surface area contributed by atoms with Gasteiger partial charge in [0.05, 0.1) is 12.3 Å². The average Bonchev–Trinajstić information content (AvgIpc) is 2.53. The summed E-state index contributed by atoms with van der Waals surface area (Å²) < 4.78 is 5.34. The Morgan fingerprint density at radius 2 is 2.00 bits per heavy atom. The van der Waals surface area contributed by atoms with Crippen molar-refractivity contribution in [1.29, 1.82) is 0 Å². The maximum Gasteiger partial charge on any atom is 0.246 e. The number of anilines is 1. The van der Waals surface area contributed by atoms with Gasteiger partial charge in [0.2, 0.25) is 5.91 Å². The second-order valence-corrected chi connectivity index (χ2v) is 4.69. The Kier molecular flexibility index (Phi) is 5.57. The summed E-state index contributed by atoms with van der Waals surface area (Å²) in [5.41, 5.74) is 0.792. The number of aliphatic imine (C=N–C) groups is 1. The molecule has 0 aliphatic heterocycles. The van der Waals surface area contributed by atoms with E-state index in [1.165, 1.54) is 18.3 Å². The molecule has 3 N–H and O–H groups in total. The van der Waals surface area contributed by atoms with Crippen LogP contribution < -0.4 is 10.1 Å². The molecule has 2 rings (SSSR count). The van der Waals surface area contributed by atoms with Crippen LogP contribution in [0.4, 0.5) is 5.69 Å². The van der Waals surface area contributed by atoms with Crippen LogP contribution in [-0.4, -0.2) is 35.5 Å². The minimum Gasteiger partial charge on any atom is -0.507 e. The van der Waals surface area contributed by atoms with Crippen molar-refractivity contribution < 1.29 is 19.7 Å². The van der Waals surface area contributed by atoms with E-state index in [4.69, 9.17) is 4.74 Å². The van der Waals surface area contributed by atoms with Crippen molar-refractivity contribution in [3.8, 4) is 17.2 Å². The van der Waals surface area contributed by atoms with Crippen molar-refractivity contribution in [1.82, 2.24) is 0 Å². The summed E-state index contributed by atoms with van der Waals surface area (Å²) in [5, 5.41) is 21.9. The smallest absolute Gasteiger partial charge is 0.246 e. The number of nitrogens with one attached hydrogen (secondary N) is 1. The number of hydrogen-bond donors (Lipinski definition) is 3. The van der Waals surface area contributed by atoms with E-state index in [9.17, 15) is 15.0 Å². The van der Waals surface area contributed by atoms with Gasteiger partial charge in [0, 0.05) is 11.8 Å². The molecular formula is C17H18N2O4. The molecule has 0 aliphatic carbocycles. The van der Waals surface area contributed by atoms with Gasteiger partial charge in [0.25, 0.3) is 0 Å². The molecule has 0 fully saturated rings. The molecule has 0 unspecified atom stereocenters. The van der Waals surface area contributed by atoms with Crippen LogP contribution in [0.1, 0.15) is 12.5 Å². The molecule has 6 heteroatoms. The average molecular weight is 314 g/mol. The number of hydrogen-bond acceptors (Lipinski definition) is 5. The highest BCUT2D eigenvalue weighted by atomic mass is 16.5. The first-order valence-electron chi connectivity index (χ1n) is 7.13. The third kappa shape index (κ3) is 4.74. The molecule has 0 saturated carbocycles. The third-order valence-electron chi connectivity index (χ3n) is 2.95. The van der Waals surface area contributed by atoms with E-state index < -0.39 is 0 Å². The molecule has 0 atom stereocenters. The number of rotatable bonds is 6. The summed E-state index contributed by atoms with van der Waals surface area (Å²) in [4.78, 5) is 15.8. The zero-order valence-corrected chi connectivity index (χ0v) is 12.7. The fourth-order valence-corrected chi connectivity index (χ4v) is 1.89. The van der Waals surface area contributed by atoms with Crippen LogP contribution in [0.15, 0.2) is 47.5 Å². The Hall–Kier alpha value is -3.02. The van der Waals surface area contributed by atoms with E-state index in [1.54, 1.807) is 30.3 Å². The number of ether oxygens (including phenoxy) is 1. The number of phenolic OH excluding ortho intramolecular Hbond substituents is 2. The summed E-state index contributed by atoms with van der Waals surface area (Å²) in [6.45, 7) is 2.25. The number of nitrogens with zero attached hydrogens (tertiary/aromatic N) is 1. The molecule has 0 radical (unpaired) electrons. The number of para-hydroxylation sites is 2. The van der Waals surface area contributed by atoms with Crippen LogP contribution in [0.3, 0.4) is 0 Å². The second kappa shape index (κ2) is 7.84. The Balaban J connectivity index is 1.97. The van der Waals surface area contributed by atoms with Gasteiger partial charge in [0.1, 0.15) is 23.8 Å². The van der Waals surface area contributed by atoms with Gasteiger partial charge >= 0.3 is 0 Å². The Bertz CT molecular complexity index is 713. The first-order chi connectivity index (χ1) is 11.1. The maximum atomic E-state index is 11.8. The van der Waals surface area contributed by atoms with Gasteiger partial charge in [-0.15, -0.1) is 0 Å². The van der Waals surface area contributed by atoms with E-state index in [2.05, 4.69) is 10.3 Å². The first-order valence-corrected chi connectivity index (χ1v) is 7.13. The van der Waals surface area contributed by atoms with Gasteiger partial charge < -0.3 is 20.3 Å². The van der Waals surface area contributed by atoms with E-state index in [1.807, 2.05) is 6.92 Å². The molecule has 120 valence electrons. The lowest BCUT2D eigenvalue weighted by molar-refractivity contribution is -0.114. The first kappa shape index (κ1) is 16.4. The second-order valence-electron chi connectivity index (χ2n) is 4.69. The molecule has 1 amide bonds. The Labute approximate surface area is 134 Å². The Morgan fingerprint density at radius 1 is 1.22 bits per heavy atom. The third-order valence-corrected chi connectivity index (χ3v) is 2.95. The van der Waals surface area contributed by atoms with E-state index in [0.29, 0.717) is 23.6 Å². The summed E-state index contributed by atoms with van der Waals surface area (Å²) in [7, 11) is 0. The summed E-state index contributed by atoms with van der Waals surface area (Å²) >= 11 is 0. The zero-order chi connectivity index (χ0) is 16.7. The van der Waals surface area contributed by atoms with Crippen molar-refractivity contribution >= 4 is 17.8 Å². The molecule has 0 heterocycles. The van der Waals surface area contributed by atoms with Crippen LogP contribution in [0.25, 0.3) is 0 Å². The van der Waals surface area contributed by atoms with Gasteiger partial charge in [-0.25, -0.2) is 0 Å². The van der Waals surface area contributed by atoms with Crippen molar-refractivity contribution in [2.45, 2.75) is 6.92 Å². The van der Waals surface area contributed by atoms with E-state index >= 15 is 0 Å². The van der Waals surface area contributed by atoms with Gasteiger partial charge in [0.15, 0.2) is 0 Å². The Morgan fingerprint density at radius 3 is 2.74 bits per heavy atom. The van der Waals surface area contributed by atoms with Crippen LogP contribution in [-0.2, 0) is 4.79 Å². The van der Waals surface area contributed by atoms with Crippen molar-refractivity contribution in [3.05, 3.63) is 48.0 Å². The minimum absolute atomic E-state index is 0.00751. The molecule has 0 aliphatic rings. The van der Waals surface area contributed by atoms with E-state index in [0.717, 1.165) is 0 Å². The number of amides is 1. The van der Waals surface area contributed by atoms with Crippen molar-refractivity contribution in [2.75, 3.05) is 18.5 Å². The van der Waals surface area contributed by atoms with Crippen LogP contribution >= 0.6 is 0 Å². The highest BCUT2D eigenvalue weighted by molar-refractivity contribution is 5.95. The minimum atomic E-state index is -0.372. The van der Waals surface area contributed by atoms with Gasteiger partial charge in [-0.05, 0) is 37.3 Å². The molecule has 0 spiro atoms. The maximum absolute atomic E-state index is 11.8. The molecular weight excluding hydrogens is 296 g/mol. The molecule has 6 nitrogen and oxygen atoms in total. The zero-order valence-electron chi connectivity index (χ0n) is 12.7. The number of carbonyl (C=O) groups is 1. The van der Waals surface area contributed by atoms with Crippen LogP contribution in [0, 0.1) is 0 Å². The fraction of sp³-hybridized carbons (Fsp3) is 0.176. The van der Waals surface area contributed by atoms with Crippen LogP contribution in [0.5, 0.6) is 17.2 Å².